The van der Waals surface area contributed by atoms with Gasteiger partial charge in [-0.2, -0.15) is 0 Å². The fourth-order valence-corrected chi connectivity index (χ4v) is 3.25. The second-order valence-electron chi connectivity index (χ2n) is 6.68. The number of rotatable bonds is 13. The molecular formula is C19H36ClINO2-. The Morgan fingerprint density at radius 3 is 2.46 bits per heavy atom. The Kier molecular flexibility index (Phi) is 19.8. The van der Waals surface area contributed by atoms with Crippen LogP contribution in [0.1, 0.15) is 96.8 Å². The summed E-state index contributed by atoms with van der Waals surface area (Å²) >= 11 is 0. The van der Waals surface area contributed by atoms with Crippen LogP contribution in [0, 0.1) is 0 Å². The molecule has 24 heavy (non-hydrogen) atoms. The Labute approximate surface area is 172 Å². The van der Waals surface area contributed by atoms with Crippen molar-refractivity contribution in [3.63, 3.8) is 0 Å². The number of unbranched alkanes of at least 4 members (excludes halogenated alkanes) is 7. The minimum atomic E-state index is -0.0721. The zero-order valence-electron chi connectivity index (χ0n) is 15.5. The van der Waals surface area contributed by atoms with Crippen LogP contribution in [0.25, 0.3) is 0 Å². The number of hydrogen-bond acceptors (Lipinski definition) is 2. The SMILES string of the molecule is CCCCCCC1=[NH+]C(CCCCCCCC(=O)OC)CC1.[Cl-].[I-]. The standard InChI is InChI=1S/C19H35NO2.ClH.HI/c1-3-4-5-9-12-17-15-16-18(20-17)13-10-7-6-8-11-14-19(21)22-2;;/h18H,3-16H2,1-2H3;2*1H/p-1. The van der Waals surface area contributed by atoms with Gasteiger partial charge in [-0.3, -0.25) is 4.79 Å². The molecule has 1 rings (SSSR count). The molecule has 1 unspecified atom stereocenters. The molecule has 0 aromatic rings. The zero-order chi connectivity index (χ0) is 16.0. The molecule has 1 atom stereocenters. The molecule has 0 bridgehead atoms. The quantitative estimate of drug-likeness (QED) is 0.184. The van der Waals surface area contributed by atoms with Crippen LogP contribution in [-0.4, -0.2) is 24.8 Å². The Morgan fingerprint density at radius 1 is 1.08 bits per heavy atom. The minimum Gasteiger partial charge on any atom is -1.00 e. The molecule has 1 heterocycles. The zero-order valence-corrected chi connectivity index (χ0v) is 18.5. The van der Waals surface area contributed by atoms with E-state index >= 15 is 0 Å². The summed E-state index contributed by atoms with van der Waals surface area (Å²) in [5.41, 5.74) is 1.61. The van der Waals surface area contributed by atoms with Gasteiger partial charge >= 0.3 is 5.97 Å². The van der Waals surface area contributed by atoms with Crippen molar-refractivity contribution in [2.45, 2.75) is 103 Å². The first-order valence-electron chi connectivity index (χ1n) is 9.44. The average Bonchev–Trinajstić information content (AvgIpc) is 2.98. The number of carbonyl (C=O) groups excluding carboxylic acids is 1. The molecule has 0 amide bonds. The van der Waals surface area contributed by atoms with Crippen LogP contribution in [0.2, 0.25) is 0 Å². The van der Waals surface area contributed by atoms with Crippen molar-refractivity contribution in [2.75, 3.05) is 7.11 Å². The van der Waals surface area contributed by atoms with Crippen molar-refractivity contribution in [3.8, 4) is 0 Å². The summed E-state index contributed by atoms with van der Waals surface area (Å²) in [6, 6.07) is 0.733. The van der Waals surface area contributed by atoms with Crippen LogP contribution in [0.3, 0.4) is 0 Å². The van der Waals surface area contributed by atoms with E-state index in [-0.39, 0.29) is 42.4 Å². The molecule has 3 nitrogen and oxygen atoms in total. The van der Waals surface area contributed by atoms with Crippen molar-refractivity contribution in [3.05, 3.63) is 0 Å². The van der Waals surface area contributed by atoms with Crippen LogP contribution >= 0.6 is 0 Å². The number of esters is 1. The number of carbonyl (C=O) groups is 1. The summed E-state index contributed by atoms with van der Waals surface area (Å²) < 4.78 is 4.65. The molecule has 0 aromatic carbocycles. The third-order valence-electron chi connectivity index (χ3n) is 4.70. The van der Waals surface area contributed by atoms with E-state index < -0.39 is 0 Å². The van der Waals surface area contributed by atoms with Crippen molar-refractivity contribution in [1.82, 2.24) is 0 Å². The molecule has 1 aliphatic rings. The Bertz CT molecular complexity index is 337. The first kappa shape index (κ1) is 26.4. The Morgan fingerprint density at radius 2 is 1.75 bits per heavy atom. The topological polar surface area (TPSA) is 40.3 Å². The second-order valence-corrected chi connectivity index (χ2v) is 6.68. The molecule has 0 saturated heterocycles. The summed E-state index contributed by atoms with van der Waals surface area (Å²) in [5, 5.41) is 0. The molecule has 0 saturated carbocycles. The smallest absolute Gasteiger partial charge is 0.305 e. The lowest BCUT2D eigenvalue weighted by atomic mass is 10.0. The van der Waals surface area contributed by atoms with Crippen molar-refractivity contribution in [1.29, 1.82) is 0 Å². The van der Waals surface area contributed by atoms with Gasteiger partial charge in [-0.15, -0.1) is 0 Å². The predicted molar refractivity (Wildman–Crippen MR) is 92.1 cm³/mol. The van der Waals surface area contributed by atoms with Gasteiger partial charge in [0.05, 0.1) is 7.11 Å². The molecule has 1 N–H and O–H groups in total. The van der Waals surface area contributed by atoms with E-state index in [0.717, 1.165) is 18.9 Å². The maximum Gasteiger partial charge on any atom is 0.305 e. The van der Waals surface area contributed by atoms with Gasteiger partial charge in [-0.25, -0.2) is 4.99 Å². The first-order chi connectivity index (χ1) is 10.8. The largest absolute Gasteiger partial charge is 1.00 e. The Hall–Kier alpha value is 0.160. The third-order valence-corrected chi connectivity index (χ3v) is 4.70. The van der Waals surface area contributed by atoms with Gasteiger partial charge in [-0.1, -0.05) is 45.4 Å². The lowest BCUT2D eigenvalue weighted by molar-refractivity contribution is -0.495. The summed E-state index contributed by atoms with van der Waals surface area (Å²) in [6.07, 6.45) is 17.3. The van der Waals surface area contributed by atoms with E-state index in [9.17, 15) is 4.79 Å². The molecular weight excluding hydrogens is 437 g/mol. The lowest BCUT2D eigenvalue weighted by Gasteiger charge is -2.03. The maximum atomic E-state index is 11.0. The molecule has 0 aliphatic carbocycles. The highest BCUT2D eigenvalue weighted by atomic mass is 127. The number of halogens is 2. The van der Waals surface area contributed by atoms with Crippen molar-refractivity contribution < 1.29 is 50.9 Å². The van der Waals surface area contributed by atoms with Crippen LogP contribution < -0.4 is 41.4 Å². The van der Waals surface area contributed by atoms with Gasteiger partial charge < -0.3 is 41.1 Å². The van der Waals surface area contributed by atoms with Gasteiger partial charge in [0.15, 0.2) is 11.8 Å². The van der Waals surface area contributed by atoms with Gasteiger partial charge in [0.2, 0.25) is 0 Å². The highest BCUT2D eigenvalue weighted by Crippen LogP contribution is 2.13. The summed E-state index contributed by atoms with van der Waals surface area (Å²) in [6.45, 7) is 2.27. The van der Waals surface area contributed by atoms with Gasteiger partial charge in [0, 0.05) is 32.1 Å². The third kappa shape index (κ3) is 13.5. The van der Waals surface area contributed by atoms with E-state index in [4.69, 9.17) is 0 Å². The van der Waals surface area contributed by atoms with Gasteiger partial charge in [0.25, 0.3) is 0 Å². The minimum absolute atomic E-state index is 0. The van der Waals surface area contributed by atoms with Crippen molar-refractivity contribution in [2.24, 2.45) is 0 Å². The molecule has 5 heteroatoms. The molecule has 144 valence electrons. The fourth-order valence-electron chi connectivity index (χ4n) is 3.25. The van der Waals surface area contributed by atoms with Crippen molar-refractivity contribution >= 4 is 11.7 Å². The summed E-state index contributed by atoms with van der Waals surface area (Å²) in [7, 11) is 1.46. The van der Waals surface area contributed by atoms with Crippen LogP contribution in [-0.2, 0) is 9.53 Å². The molecule has 0 aromatic heterocycles. The number of nitrogens with one attached hydrogen (secondary N) is 1. The molecule has 0 fully saturated rings. The number of hydrogen-bond donors (Lipinski definition) is 1. The van der Waals surface area contributed by atoms with E-state index in [0.29, 0.717) is 6.42 Å². The normalized spacial score (nSPS) is 16.1. The summed E-state index contributed by atoms with van der Waals surface area (Å²) in [5.74, 6) is -0.0721. The van der Waals surface area contributed by atoms with Crippen LogP contribution in [0.5, 0.6) is 0 Å². The molecule has 0 radical (unpaired) electrons. The molecule has 0 spiro atoms. The molecule has 1 aliphatic heterocycles. The van der Waals surface area contributed by atoms with Crippen LogP contribution in [0.15, 0.2) is 0 Å². The lowest BCUT2D eigenvalue weighted by Crippen LogP contribution is -3.00. The maximum absolute atomic E-state index is 11.0. The van der Waals surface area contributed by atoms with Gasteiger partial charge in [-0.05, 0) is 19.3 Å². The highest BCUT2D eigenvalue weighted by molar-refractivity contribution is 5.79. The highest BCUT2D eigenvalue weighted by Gasteiger charge is 2.22. The summed E-state index contributed by atoms with van der Waals surface area (Å²) in [4.78, 5) is 14.7. The fraction of sp³-hybridized carbons (Fsp3) is 0.895. The first-order valence-corrected chi connectivity index (χ1v) is 9.44. The van der Waals surface area contributed by atoms with Gasteiger partial charge in [0.1, 0.15) is 0 Å². The van der Waals surface area contributed by atoms with E-state index in [2.05, 4.69) is 16.7 Å². The van der Waals surface area contributed by atoms with Crippen LogP contribution in [0.4, 0.5) is 0 Å². The van der Waals surface area contributed by atoms with E-state index in [1.165, 1.54) is 77.7 Å². The Balaban J connectivity index is 0. The number of ether oxygens (including phenoxy) is 1. The van der Waals surface area contributed by atoms with E-state index in [1.807, 2.05) is 0 Å². The second kappa shape index (κ2) is 18.0. The number of methoxy groups -OCH3 is 1. The predicted octanol–water partition coefficient (Wildman–Crippen LogP) is -2.45. The monoisotopic (exact) mass is 472 g/mol. The average molecular weight is 473 g/mol. The van der Waals surface area contributed by atoms with E-state index in [1.54, 1.807) is 5.71 Å².